The highest BCUT2D eigenvalue weighted by Crippen LogP contribution is 2.22. The Morgan fingerprint density at radius 2 is 1.68 bits per heavy atom. The smallest absolute Gasteiger partial charge is 0.338 e. The monoisotopic (exact) mass is 357 g/mol. The van der Waals surface area contributed by atoms with Crippen LogP contribution in [0.3, 0.4) is 0 Å². The Kier molecular flexibility index (Phi) is 5.71. The molecule has 0 atom stereocenters. The summed E-state index contributed by atoms with van der Waals surface area (Å²) in [6.07, 6.45) is 5.37. The van der Waals surface area contributed by atoms with Crippen molar-refractivity contribution in [2.75, 3.05) is 5.32 Å². The molecule has 1 aliphatic carbocycles. The van der Waals surface area contributed by atoms with Crippen molar-refractivity contribution in [1.82, 2.24) is 0 Å². The number of benzene rings is 2. The molecule has 0 unspecified atom stereocenters. The van der Waals surface area contributed by atoms with Crippen molar-refractivity contribution < 1.29 is 14.3 Å². The molecule has 1 saturated carbocycles. The molecule has 25 heavy (non-hydrogen) atoms. The number of hydrogen-bond acceptors (Lipinski definition) is 3. The molecule has 2 aromatic rings. The van der Waals surface area contributed by atoms with E-state index >= 15 is 0 Å². The van der Waals surface area contributed by atoms with Crippen molar-refractivity contribution in [1.29, 1.82) is 0 Å². The summed E-state index contributed by atoms with van der Waals surface area (Å²) in [5.41, 5.74) is 1.58. The summed E-state index contributed by atoms with van der Waals surface area (Å²) in [4.78, 5) is 24.4. The lowest BCUT2D eigenvalue weighted by Gasteiger charge is -2.21. The normalized spacial score (nSPS) is 14.8. The number of nitrogens with one attached hydrogen (secondary N) is 1. The minimum Gasteiger partial charge on any atom is -0.459 e. The van der Waals surface area contributed by atoms with Crippen LogP contribution in [0.15, 0.2) is 48.5 Å². The highest BCUT2D eigenvalue weighted by molar-refractivity contribution is 6.31. The van der Waals surface area contributed by atoms with Crippen LogP contribution in [0.1, 0.15) is 52.8 Å². The quantitative estimate of drug-likeness (QED) is 0.776. The number of carbonyl (C=O) groups excluding carboxylic acids is 2. The van der Waals surface area contributed by atoms with Crippen LogP contribution >= 0.6 is 11.6 Å². The van der Waals surface area contributed by atoms with Crippen molar-refractivity contribution in [2.24, 2.45) is 0 Å². The molecule has 4 nitrogen and oxygen atoms in total. The summed E-state index contributed by atoms with van der Waals surface area (Å²) in [7, 11) is 0. The predicted octanol–water partition coefficient (Wildman–Crippen LogP) is 5.08. The zero-order chi connectivity index (χ0) is 17.6. The fourth-order valence-electron chi connectivity index (χ4n) is 2.93. The largest absolute Gasteiger partial charge is 0.459 e. The van der Waals surface area contributed by atoms with Crippen LogP contribution in [0, 0.1) is 0 Å². The van der Waals surface area contributed by atoms with E-state index in [1.54, 1.807) is 48.5 Å². The maximum Gasteiger partial charge on any atom is 0.338 e. The summed E-state index contributed by atoms with van der Waals surface area (Å²) in [6.45, 7) is 0. The molecule has 5 heteroatoms. The van der Waals surface area contributed by atoms with E-state index in [9.17, 15) is 9.59 Å². The van der Waals surface area contributed by atoms with Gasteiger partial charge in [0.1, 0.15) is 6.10 Å². The lowest BCUT2D eigenvalue weighted by Crippen LogP contribution is -2.20. The first-order valence-electron chi connectivity index (χ1n) is 8.50. The number of hydrogen-bond donors (Lipinski definition) is 1. The molecule has 0 heterocycles. The van der Waals surface area contributed by atoms with Crippen molar-refractivity contribution in [3.05, 3.63) is 64.7 Å². The van der Waals surface area contributed by atoms with Gasteiger partial charge in [-0.15, -0.1) is 0 Å². The molecule has 0 aliphatic heterocycles. The third kappa shape index (κ3) is 4.83. The molecule has 1 fully saturated rings. The van der Waals surface area contributed by atoms with Gasteiger partial charge in [-0.25, -0.2) is 4.79 Å². The Morgan fingerprint density at radius 1 is 0.960 bits per heavy atom. The van der Waals surface area contributed by atoms with Gasteiger partial charge in [-0.05, 0) is 68.1 Å². The minimum absolute atomic E-state index is 0.0310. The average Bonchev–Trinajstić information content (AvgIpc) is 2.63. The van der Waals surface area contributed by atoms with Gasteiger partial charge < -0.3 is 10.1 Å². The van der Waals surface area contributed by atoms with Crippen LogP contribution in [0.25, 0.3) is 0 Å². The Morgan fingerprint density at radius 3 is 2.36 bits per heavy atom. The minimum atomic E-state index is -0.306. The van der Waals surface area contributed by atoms with Crippen molar-refractivity contribution in [3.63, 3.8) is 0 Å². The second-order valence-corrected chi connectivity index (χ2v) is 6.64. The van der Waals surface area contributed by atoms with Gasteiger partial charge in [0.25, 0.3) is 5.91 Å². The number of halogens is 1. The molecular weight excluding hydrogens is 338 g/mol. The predicted molar refractivity (Wildman–Crippen MR) is 98.1 cm³/mol. The molecule has 0 radical (unpaired) electrons. The van der Waals surface area contributed by atoms with Gasteiger partial charge in [-0.3, -0.25) is 4.79 Å². The lowest BCUT2D eigenvalue weighted by molar-refractivity contribution is 0.0211. The van der Waals surface area contributed by atoms with Gasteiger partial charge in [-0.2, -0.15) is 0 Å². The Labute approximate surface area is 152 Å². The van der Waals surface area contributed by atoms with Gasteiger partial charge in [0.2, 0.25) is 0 Å². The Bertz CT molecular complexity index is 752. The summed E-state index contributed by atoms with van der Waals surface area (Å²) in [5, 5.41) is 3.29. The van der Waals surface area contributed by atoms with Crippen molar-refractivity contribution in [3.8, 4) is 0 Å². The number of ether oxygens (including phenoxy) is 1. The first-order valence-corrected chi connectivity index (χ1v) is 8.87. The van der Waals surface area contributed by atoms with Gasteiger partial charge >= 0.3 is 5.97 Å². The second kappa shape index (κ2) is 8.17. The fourth-order valence-corrected chi connectivity index (χ4v) is 3.12. The summed E-state index contributed by atoms with van der Waals surface area (Å²) in [6, 6.07) is 13.5. The molecule has 0 spiro atoms. The molecule has 0 bridgehead atoms. The zero-order valence-corrected chi connectivity index (χ0v) is 14.6. The first kappa shape index (κ1) is 17.5. The molecule has 130 valence electrons. The van der Waals surface area contributed by atoms with Crippen LogP contribution in [0.2, 0.25) is 5.02 Å². The third-order valence-corrected chi connectivity index (χ3v) is 4.53. The maximum absolute atomic E-state index is 12.2. The van der Waals surface area contributed by atoms with Crippen LogP contribution < -0.4 is 5.32 Å². The van der Waals surface area contributed by atoms with E-state index in [0.29, 0.717) is 21.8 Å². The van der Waals surface area contributed by atoms with Crippen LogP contribution in [-0.4, -0.2) is 18.0 Å². The summed E-state index contributed by atoms with van der Waals surface area (Å²) >= 11 is 5.90. The topological polar surface area (TPSA) is 55.4 Å². The number of anilines is 1. The fraction of sp³-hybridized carbons (Fsp3) is 0.300. The van der Waals surface area contributed by atoms with Crippen molar-refractivity contribution >= 4 is 29.2 Å². The molecule has 0 saturated heterocycles. The summed E-state index contributed by atoms with van der Waals surface area (Å²) < 4.78 is 5.54. The molecule has 1 amide bonds. The second-order valence-electron chi connectivity index (χ2n) is 6.21. The average molecular weight is 358 g/mol. The molecule has 3 rings (SSSR count). The lowest BCUT2D eigenvalue weighted by atomic mass is 9.98. The number of carbonyl (C=O) groups is 2. The molecular formula is C20H20ClNO3. The molecule has 1 aliphatic rings. The molecule has 0 aromatic heterocycles. The van der Waals surface area contributed by atoms with E-state index in [4.69, 9.17) is 16.3 Å². The van der Waals surface area contributed by atoms with Gasteiger partial charge in [0, 0.05) is 16.3 Å². The van der Waals surface area contributed by atoms with Gasteiger partial charge in [0.05, 0.1) is 5.56 Å². The SMILES string of the molecule is O=C(Nc1ccc(C(=O)OC2CCCCC2)cc1)c1cccc(Cl)c1. The molecule has 2 aromatic carbocycles. The van der Waals surface area contributed by atoms with Crippen LogP contribution in [0.4, 0.5) is 5.69 Å². The van der Waals surface area contributed by atoms with E-state index in [-0.39, 0.29) is 18.0 Å². The Hall–Kier alpha value is -2.33. The number of amides is 1. The zero-order valence-electron chi connectivity index (χ0n) is 13.8. The van der Waals surface area contributed by atoms with E-state index in [1.807, 2.05) is 0 Å². The molecule has 1 N–H and O–H groups in total. The highest BCUT2D eigenvalue weighted by Gasteiger charge is 2.18. The van der Waals surface area contributed by atoms with Gasteiger partial charge in [0.15, 0.2) is 0 Å². The van der Waals surface area contributed by atoms with Gasteiger partial charge in [-0.1, -0.05) is 24.1 Å². The number of esters is 1. The summed E-state index contributed by atoms with van der Waals surface area (Å²) in [5.74, 6) is -0.556. The van der Waals surface area contributed by atoms with Crippen LogP contribution in [0.5, 0.6) is 0 Å². The van der Waals surface area contributed by atoms with E-state index in [2.05, 4.69) is 5.32 Å². The highest BCUT2D eigenvalue weighted by atomic mass is 35.5. The Balaban J connectivity index is 1.59. The van der Waals surface area contributed by atoms with E-state index < -0.39 is 0 Å². The van der Waals surface area contributed by atoms with E-state index in [1.165, 1.54) is 6.42 Å². The maximum atomic E-state index is 12.2. The third-order valence-electron chi connectivity index (χ3n) is 4.29. The van der Waals surface area contributed by atoms with Crippen molar-refractivity contribution in [2.45, 2.75) is 38.2 Å². The van der Waals surface area contributed by atoms with Crippen LogP contribution in [-0.2, 0) is 4.74 Å². The standard InChI is InChI=1S/C20H20ClNO3/c21-16-6-4-5-15(13-16)19(23)22-17-11-9-14(10-12-17)20(24)25-18-7-2-1-3-8-18/h4-6,9-13,18H,1-3,7-8H2,(H,22,23). The first-order chi connectivity index (χ1) is 12.1. The van der Waals surface area contributed by atoms with E-state index in [0.717, 1.165) is 25.7 Å². The number of rotatable bonds is 4.